The Hall–Kier alpha value is -3.79. The number of carbonyl (C=O) groups is 2. The Morgan fingerprint density at radius 1 is 1.31 bits per heavy atom. The molecule has 0 spiro atoms. The van der Waals surface area contributed by atoms with Crippen molar-refractivity contribution in [3.63, 3.8) is 0 Å². The summed E-state index contributed by atoms with van der Waals surface area (Å²) in [6.45, 7) is 6.45. The minimum absolute atomic E-state index is 0.114. The molecule has 1 aliphatic rings. The fraction of sp³-hybridized carbons (Fsp3) is 0.400. The van der Waals surface area contributed by atoms with Crippen molar-refractivity contribution in [1.29, 1.82) is 0 Å². The van der Waals surface area contributed by atoms with Crippen LogP contribution >= 0.6 is 0 Å². The first-order chi connectivity index (χ1) is 16.7. The summed E-state index contributed by atoms with van der Waals surface area (Å²) in [6.07, 6.45) is 2.54. The molecular formula is C25H29N5O5. The van der Waals surface area contributed by atoms with Gasteiger partial charge in [0.05, 0.1) is 30.9 Å². The Balaban J connectivity index is 1.62. The maximum absolute atomic E-state index is 13.1. The van der Waals surface area contributed by atoms with E-state index in [4.69, 9.17) is 9.47 Å². The molecule has 3 aromatic rings. The molecule has 184 valence electrons. The van der Waals surface area contributed by atoms with Crippen molar-refractivity contribution in [3.05, 3.63) is 70.8 Å². The van der Waals surface area contributed by atoms with Crippen molar-refractivity contribution in [2.75, 3.05) is 13.2 Å². The zero-order valence-electron chi connectivity index (χ0n) is 20.3. The van der Waals surface area contributed by atoms with Crippen molar-refractivity contribution in [1.82, 2.24) is 24.9 Å². The number of benzene rings is 1. The van der Waals surface area contributed by atoms with E-state index in [1.807, 2.05) is 25.1 Å². The van der Waals surface area contributed by atoms with Crippen LogP contribution in [0, 0.1) is 12.3 Å². The number of amides is 1. The monoisotopic (exact) mass is 479 g/mol. The van der Waals surface area contributed by atoms with E-state index in [0.29, 0.717) is 36.7 Å². The average Bonchev–Trinajstić information content (AvgIpc) is 3.17. The number of pyridine rings is 1. The molecule has 10 heteroatoms. The van der Waals surface area contributed by atoms with Crippen molar-refractivity contribution in [2.45, 2.75) is 40.0 Å². The molecular weight excluding hydrogens is 450 g/mol. The highest BCUT2D eigenvalue weighted by Gasteiger charge is 2.39. The molecule has 2 aromatic heterocycles. The Bertz CT molecular complexity index is 1240. The third-order valence-electron chi connectivity index (χ3n) is 6.17. The van der Waals surface area contributed by atoms with Gasteiger partial charge in [0.15, 0.2) is 11.4 Å². The summed E-state index contributed by atoms with van der Waals surface area (Å²) in [7, 11) is 1.75. The minimum Gasteiger partial charge on any atom is -0.489 e. The topological polar surface area (TPSA) is 120 Å². The van der Waals surface area contributed by atoms with Crippen LogP contribution in [0.1, 0.15) is 52.8 Å². The quantitative estimate of drug-likeness (QED) is 0.524. The van der Waals surface area contributed by atoms with Gasteiger partial charge in [0.2, 0.25) is 0 Å². The van der Waals surface area contributed by atoms with Crippen LogP contribution in [0.2, 0.25) is 0 Å². The third kappa shape index (κ3) is 5.17. The van der Waals surface area contributed by atoms with Gasteiger partial charge in [-0.2, -0.15) is 0 Å². The molecule has 0 radical (unpaired) electrons. The molecule has 3 heterocycles. The molecule has 1 aromatic carbocycles. The van der Waals surface area contributed by atoms with Crippen LogP contribution in [0.5, 0.6) is 5.75 Å². The lowest BCUT2D eigenvalue weighted by Crippen LogP contribution is -2.34. The molecule has 0 unspecified atom stereocenters. The number of hydrogen-bond donors (Lipinski definition) is 1. The molecule has 1 amide bonds. The lowest BCUT2D eigenvalue weighted by atomic mass is 9.81. The summed E-state index contributed by atoms with van der Waals surface area (Å²) < 4.78 is 13.4. The van der Waals surface area contributed by atoms with E-state index in [-0.39, 0.29) is 18.2 Å². The fourth-order valence-electron chi connectivity index (χ4n) is 4.03. The number of carboxylic acid groups (broad SMARTS) is 1. The van der Waals surface area contributed by atoms with E-state index < -0.39 is 17.5 Å². The van der Waals surface area contributed by atoms with Gasteiger partial charge < -0.3 is 19.5 Å². The van der Waals surface area contributed by atoms with Crippen LogP contribution in [0.4, 0.5) is 0 Å². The average molecular weight is 480 g/mol. The molecule has 0 saturated carbocycles. The van der Waals surface area contributed by atoms with Crippen molar-refractivity contribution in [2.24, 2.45) is 12.5 Å². The standard InChI is InChI=1S/C25H29N5O5/c1-16-7-8-17(22(25(2,3)24(32)33)35-15-19-14-29(4)28-27-19)12-18(16)13-30-10-11-34-20-6-5-9-26-21(20)23(30)31/h5-9,12,14,22H,10-11,13,15H2,1-4H3,(H,32,33)/t22-/m1/s1. The van der Waals surface area contributed by atoms with Crippen molar-refractivity contribution in [3.8, 4) is 5.75 Å². The predicted octanol–water partition coefficient (Wildman–Crippen LogP) is 2.92. The molecule has 1 aliphatic heterocycles. The molecule has 0 fully saturated rings. The number of aromatic nitrogens is 4. The largest absolute Gasteiger partial charge is 0.489 e. The van der Waals surface area contributed by atoms with E-state index in [1.54, 1.807) is 55.0 Å². The van der Waals surface area contributed by atoms with Gasteiger partial charge in [-0.1, -0.05) is 23.4 Å². The molecule has 1 atom stereocenters. The summed E-state index contributed by atoms with van der Waals surface area (Å²) in [5, 5.41) is 17.9. The Labute approximate surface area is 203 Å². The number of carbonyl (C=O) groups excluding carboxylic acids is 1. The lowest BCUT2D eigenvalue weighted by Gasteiger charge is -2.31. The van der Waals surface area contributed by atoms with Crippen molar-refractivity contribution >= 4 is 11.9 Å². The van der Waals surface area contributed by atoms with E-state index in [2.05, 4.69) is 15.3 Å². The van der Waals surface area contributed by atoms with Crippen LogP contribution in [0.3, 0.4) is 0 Å². The Morgan fingerprint density at radius 2 is 2.11 bits per heavy atom. The third-order valence-corrected chi connectivity index (χ3v) is 6.17. The molecule has 0 bridgehead atoms. The van der Waals surface area contributed by atoms with Crippen LogP contribution in [0.15, 0.2) is 42.7 Å². The highest BCUT2D eigenvalue weighted by molar-refractivity contribution is 5.95. The number of aliphatic carboxylic acids is 1. The number of nitrogens with zero attached hydrogens (tertiary/aromatic N) is 5. The number of carboxylic acids is 1. The predicted molar refractivity (Wildman–Crippen MR) is 126 cm³/mol. The van der Waals surface area contributed by atoms with E-state index in [9.17, 15) is 14.7 Å². The molecule has 10 nitrogen and oxygen atoms in total. The fourth-order valence-corrected chi connectivity index (χ4v) is 4.03. The Kier molecular flexibility index (Phi) is 6.83. The SMILES string of the molecule is Cc1ccc([C@@H](OCc2cn(C)nn2)C(C)(C)C(=O)O)cc1CN1CCOc2cccnc2C1=O. The molecule has 4 rings (SSSR count). The van der Waals surface area contributed by atoms with Crippen LogP contribution in [0.25, 0.3) is 0 Å². The Morgan fingerprint density at radius 3 is 2.83 bits per heavy atom. The summed E-state index contributed by atoms with van der Waals surface area (Å²) in [5.41, 5.74) is 2.25. The number of fused-ring (bicyclic) bond motifs is 1. The van der Waals surface area contributed by atoms with Gasteiger partial charge in [0.1, 0.15) is 12.3 Å². The normalized spacial score (nSPS) is 14.7. The molecule has 35 heavy (non-hydrogen) atoms. The summed E-state index contributed by atoms with van der Waals surface area (Å²) in [4.78, 5) is 31.2. The molecule has 0 aliphatic carbocycles. The van der Waals surface area contributed by atoms with Gasteiger partial charge >= 0.3 is 5.97 Å². The number of ether oxygens (including phenoxy) is 2. The lowest BCUT2D eigenvalue weighted by molar-refractivity contribution is -0.158. The van der Waals surface area contributed by atoms with Gasteiger partial charge in [-0.25, -0.2) is 4.98 Å². The number of rotatable bonds is 8. The van der Waals surface area contributed by atoms with Crippen molar-refractivity contribution < 1.29 is 24.2 Å². The van der Waals surface area contributed by atoms with Gasteiger partial charge in [-0.15, -0.1) is 5.10 Å². The maximum Gasteiger partial charge on any atom is 0.312 e. The van der Waals surface area contributed by atoms with Gasteiger partial charge in [0, 0.05) is 19.8 Å². The van der Waals surface area contributed by atoms with Crippen LogP contribution < -0.4 is 4.74 Å². The second kappa shape index (κ2) is 9.83. The van der Waals surface area contributed by atoms with E-state index >= 15 is 0 Å². The first-order valence-corrected chi connectivity index (χ1v) is 11.3. The van der Waals surface area contributed by atoms with Crippen LogP contribution in [-0.4, -0.2) is 55.0 Å². The second-order valence-electron chi connectivity index (χ2n) is 9.21. The summed E-state index contributed by atoms with van der Waals surface area (Å²) in [6, 6.07) is 9.18. The maximum atomic E-state index is 13.1. The number of aryl methyl sites for hydroxylation is 2. The van der Waals surface area contributed by atoms with E-state index in [0.717, 1.165) is 11.1 Å². The summed E-state index contributed by atoms with van der Waals surface area (Å²) >= 11 is 0. The first-order valence-electron chi connectivity index (χ1n) is 11.3. The van der Waals surface area contributed by atoms with Crippen LogP contribution in [-0.2, 0) is 29.7 Å². The second-order valence-corrected chi connectivity index (χ2v) is 9.21. The smallest absolute Gasteiger partial charge is 0.312 e. The molecule has 1 N–H and O–H groups in total. The summed E-state index contributed by atoms with van der Waals surface area (Å²) in [5.74, 6) is -0.707. The zero-order chi connectivity index (χ0) is 25.2. The van der Waals surface area contributed by atoms with Gasteiger partial charge in [-0.3, -0.25) is 14.3 Å². The van der Waals surface area contributed by atoms with E-state index in [1.165, 1.54) is 0 Å². The first kappa shape index (κ1) is 24.3. The zero-order valence-corrected chi connectivity index (χ0v) is 20.3. The highest BCUT2D eigenvalue weighted by atomic mass is 16.5. The van der Waals surface area contributed by atoms with Gasteiger partial charge in [-0.05, 0) is 49.6 Å². The molecule has 0 saturated heterocycles. The number of hydrogen-bond acceptors (Lipinski definition) is 7. The highest BCUT2D eigenvalue weighted by Crippen LogP contribution is 2.38. The van der Waals surface area contributed by atoms with Gasteiger partial charge in [0.25, 0.3) is 5.91 Å². The minimum atomic E-state index is -1.22.